The molecule has 1 N–H and O–H groups in total. The monoisotopic (exact) mass is 539 g/mol. The van der Waals surface area contributed by atoms with Crippen molar-refractivity contribution >= 4 is 40.3 Å². The molecular weight excluding hydrogens is 515 g/mol. The lowest BCUT2D eigenvalue weighted by Crippen LogP contribution is -2.34. The quantitative estimate of drug-likeness (QED) is 0.178. The first-order chi connectivity index (χ1) is 17.5. The lowest BCUT2D eigenvalue weighted by atomic mass is 10.1. The van der Waals surface area contributed by atoms with E-state index in [1.165, 1.54) is 35.4 Å². The maximum absolute atomic E-state index is 13.4. The van der Waals surface area contributed by atoms with Crippen LogP contribution in [0.1, 0.15) is 19.5 Å². The van der Waals surface area contributed by atoms with Crippen LogP contribution in [0, 0.1) is 6.92 Å². The molecule has 0 saturated carbocycles. The number of fused-ring (bicyclic) bond motifs is 1. The minimum Gasteiger partial charge on any atom is -0.480 e. The molecule has 3 aromatic rings. The molecule has 0 saturated heterocycles. The van der Waals surface area contributed by atoms with Crippen molar-refractivity contribution in [1.82, 2.24) is 14.9 Å². The van der Waals surface area contributed by atoms with Crippen LogP contribution in [0.4, 0.5) is 18.9 Å². The standard InChI is InChI=1S/C24H25ClF3N5O4/c1-5-33(13-35)21(12-34)31-32(4)17-9-16-6-7-29-23(37-19-8-14(2)30-11-18(19)25)22(16)20(10-17)36-15(3)24(26,27)28/h6-11,13,15,34H,5,12H2,1-4H3/b31-21-. The summed E-state index contributed by atoms with van der Waals surface area (Å²) in [6.45, 7) is 4.04. The number of hydrazone groups is 1. The number of aromatic nitrogens is 2. The highest BCUT2D eigenvalue weighted by molar-refractivity contribution is 6.31. The van der Waals surface area contributed by atoms with Crippen LogP contribution >= 0.6 is 11.6 Å². The third kappa shape index (κ3) is 6.57. The Bertz CT molecular complexity index is 1310. The maximum atomic E-state index is 13.4. The number of carbonyl (C=O) groups excluding carboxylic acids is 1. The van der Waals surface area contributed by atoms with Gasteiger partial charge >= 0.3 is 6.18 Å². The summed E-state index contributed by atoms with van der Waals surface area (Å²) in [5.41, 5.74) is 0.930. The summed E-state index contributed by atoms with van der Waals surface area (Å²) in [6, 6.07) is 6.12. The number of pyridine rings is 2. The number of nitrogens with zero attached hydrogens (tertiary/aromatic N) is 5. The zero-order chi connectivity index (χ0) is 27.3. The Balaban J connectivity index is 2.17. The van der Waals surface area contributed by atoms with E-state index in [2.05, 4.69) is 15.1 Å². The third-order valence-electron chi connectivity index (χ3n) is 5.29. The van der Waals surface area contributed by atoms with Crippen LogP contribution in [0.2, 0.25) is 5.02 Å². The number of halogens is 4. The number of hydrogen-bond donors (Lipinski definition) is 1. The number of aliphatic hydroxyl groups is 1. The number of aryl methyl sites for hydroxylation is 1. The number of ether oxygens (including phenoxy) is 2. The van der Waals surface area contributed by atoms with Crippen LogP contribution in [-0.4, -0.2) is 64.7 Å². The Labute approximate surface area is 216 Å². The van der Waals surface area contributed by atoms with Gasteiger partial charge in [0.05, 0.1) is 11.1 Å². The number of amides is 1. The Morgan fingerprint density at radius 1 is 1.27 bits per heavy atom. The molecule has 37 heavy (non-hydrogen) atoms. The summed E-state index contributed by atoms with van der Waals surface area (Å²) in [6.07, 6.45) is -3.46. The summed E-state index contributed by atoms with van der Waals surface area (Å²) >= 11 is 6.19. The fourth-order valence-corrected chi connectivity index (χ4v) is 3.42. The van der Waals surface area contributed by atoms with E-state index in [0.717, 1.165) is 6.92 Å². The number of carbonyl (C=O) groups is 1. The van der Waals surface area contributed by atoms with E-state index in [-0.39, 0.29) is 40.2 Å². The number of alkyl halides is 3. The molecule has 3 rings (SSSR count). The summed E-state index contributed by atoms with van der Waals surface area (Å²) < 4.78 is 51.5. The van der Waals surface area contributed by atoms with Crippen LogP contribution < -0.4 is 14.5 Å². The molecule has 0 fully saturated rings. The van der Waals surface area contributed by atoms with Gasteiger partial charge in [0, 0.05) is 43.8 Å². The number of aliphatic hydroxyl groups excluding tert-OH is 1. The molecule has 0 aliphatic carbocycles. The molecule has 0 radical (unpaired) electrons. The molecule has 1 aromatic carbocycles. The minimum atomic E-state index is -4.64. The smallest absolute Gasteiger partial charge is 0.425 e. The van der Waals surface area contributed by atoms with Crippen LogP contribution in [0.25, 0.3) is 10.8 Å². The summed E-state index contributed by atoms with van der Waals surface area (Å²) in [5, 5.41) is 16.0. The van der Waals surface area contributed by atoms with E-state index in [9.17, 15) is 23.1 Å². The van der Waals surface area contributed by atoms with Crippen molar-refractivity contribution in [3.05, 3.63) is 47.4 Å². The molecule has 1 amide bonds. The zero-order valence-electron chi connectivity index (χ0n) is 20.5. The largest absolute Gasteiger partial charge is 0.480 e. The van der Waals surface area contributed by atoms with Crippen LogP contribution in [0.15, 0.2) is 41.8 Å². The second-order valence-electron chi connectivity index (χ2n) is 7.91. The Hall–Kier alpha value is -3.64. The normalized spacial score (nSPS) is 12.8. The first-order valence-corrected chi connectivity index (χ1v) is 11.5. The van der Waals surface area contributed by atoms with E-state index in [4.69, 9.17) is 21.1 Å². The van der Waals surface area contributed by atoms with Crippen molar-refractivity contribution in [3.8, 4) is 17.4 Å². The van der Waals surface area contributed by atoms with Crippen LogP contribution in [0.5, 0.6) is 17.4 Å². The highest BCUT2D eigenvalue weighted by Gasteiger charge is 2.38. The van der Waals surface area contributed by atoms with Gasteiger partial charge in [-0.05, 0) is 38.3 Å². The lowest BCUT2D eigenvalue weighted by Gasteiger charge is -2.23. The van der Waals surface area contributed by atoms with E-state index < -0.39 is 18.9 Å². The van der Waals surface area contributed by atoms with E-state index in [0.29, 0.717) is 23.2 Å². The predicted molar refractivity (Wildman–Crippen MR) is 133 cm³/mol. The maximum Gasteiger partial charge on any atom is 0.425 e. The van der Waals surface area contributed by atoms with Crippen molar-refractivity contribution in [3.63, 3.8) is 0 Å². The van der Waals surface area contributed by atoms with E-state index >= 15 is 0 Å². The van der Waals surface area contributed by atoms with Gasteiger partial charge in [-0.3, -0.25) is 19.7 Å². The SMILES string of the molecule is CCN(C=O)/C(CO)=N\N(C)c1cc(OC(C)C(F)(F)F)c2c(Oc3cc(C)ncc3Cl)nccc2c1. The van der Waals surface area contributed by atoms with E-state index in [1.807, 2.05) is 0 Å². The van der Waals surface area contributed by atoms with Gasteiger partial charge in [-0.2, -0.15) is 18.3 Å². The average molecular weight is 540 g/mol. The number of benzene rings is 1. The highest BCUT2D eigenvalue weighted by atomic mass is 35.5. The molecule has 2 heterocycles. The summed E-state index contributed by atoms with van der Waals surface area (Å²) in [5.74, 6) is 0.0717. The Morgan fingerprint density at radius 3 is 2.62 bits per heavy atom. The fourth-order valence-electron chi connectivity index (χ4n) is 3.28. The van der Waals surface area contributed by atoms with Crippen molar-refractivity contribution < 1.29 is 32.5 Å². The molecular formula is C24H25ClF3N5O4. The van der Waals surface area contributed by atoms with Crippen molar-refractivity contribution in [1.29, 1.82) is 0 Å². The number of rotatable bonds is 9. The molecule has 1 atom stereocenters. The molecule has 0 bridgehead atoms. The van der Waals surface area contributed by atoms with Gasteiger partial charge in [0.15, 0.2) is 17.7 Å². The first kappa shape index (κ1) is 27.9. The van der Waals surface area contributed by atoms with Crippen LogP contribution in [0.3, 0.4) is 0 Å². The number of likely N-dealkylation sites (N-methyl/N-ethyl adjacent to an activating group) is 1. The fraction of sp³-hybridized carbons (Fsp3) is 0.333. The second-order valence-corrected chi connectivity index (χ2v) is 8.31. The lowest BCUT2D eigenvalue weighted by molar-refractivity contribution is -0.189. The second kappa shape index (κ2) is 11.6. The van der Waals surface area contributed by atoms with Gasteiger partial charge < -0.3 is 14.6 Å². The summed E-state index contributed by atoms with van der Waals surface area (Å²) in [7, 11) is 1.52. The zero-order valence-corrected chi connectivity index (χ0v) is 21.2. The minimum absolute atomic E-state index is 0.0266. The van der Waals surface area contributed by atoms with Crippen molar-refractivity contribution in [2.75, 3.05) is 25.2 Å². The molecule has 0 aliphatic heterocycles. The number of amidine groups is 1. The number of anilines is 1. The van der Waals surface area contributed by atoms with Gasteiger partial charge in [0.2, 0.25) is 12.3 Å². The topological polar surface area (TPSA) is 100 Å². The highest BCUT2D eigenvalue weighted by Crippen LogP contribution is 2.41. The molecule has 2 aromatic heterocycles. The number of hydrogen-bond acceptors (Lipinski definition) is 8. The molecule has 13 heteroatoms. The molecule has 9 nitrogen and oxygen atoms in total. The van der Waals surface area contributed by atoms with E-state index in [1.54, 1.807) is 32.0 Å². The van der Waals surface area contributed by atoms with Crippen molar-refractivity contribution in [2.45, 2.75) is 33.1 Å². The molecule has 0 spiro atoms. The predicted octanol–water partition coefficient (Wildman–Crippen LogP) is 4.93. The summed E-state index contributed by atoms with van der Waals surface area (Å²) in [4.78, 5) is 20.8. The van der Waals surface area contributed by atoms with Gasteiger partial charge in [-0.15, -0.1) is 0 Å². The Morgan fingerprint density at radius 2 is 2.00 bits per heavy atom. The first-order valence-electron chi connectivity index (χ1n) is 11.1. The average Bonchev–Trinajstić information content (AvgIpc) is 2.85. The molecule has 198 valence electrons. The Kier molecular flexibility index (Phi) is 8.77. The molecule has 1 unspecified atom stereocenters. The van der Waals surface area contributed by atoms with Crippen LogP contribution in [-0.2, 0) is 4.79 Å². The van der Waals surface area contributed by atoms with Crippen molar-refractivity contribution in [2.24, 2.45) is 5.10 Å². The van der Waals surface area contributed by atoms with Gasteiger partial charge in [-0.1, -0.05) is 11.6 Å². The van der Waals surface area contributed by atoms with Gasteiger partial charge in [0.25, 0.3) is 0 Å². The molecule has 0 aliphatic rings. The van der Waals surface area contributed by atoms with Gasteiger partial charge in [-0.25, -0.2) is 4.98 Å². The third-order valence-corrected chi connectivity index (χ3v) is 5.57. The van der Waals surface area contributed by atoms with Gasteiger partial charge in [0.1, 0.15) is 17.4 Å².